The van der Waals surface area contributed by atoms with E-state index in [1.54, 1.807) is 48.5 Å². The molecule has 0 unspecified atom stereocenters. The molecule has 0 spiro atoms. The third-order valence-corrected chi connectivity index (χ3v) is 4.80. The molecule has 0 bridgehead atoms. The van der Waals surface area contributed by atoms with E-state index in [4.69, 9.17) is 9.47 Å². The Labute approximate surface area is 198 Å². The van der Waals surface area contributed by atoms with E-state index in [1.165, 1.54) is 18.2 Å². The van der Waals surface area contributed by atoms with Crippen molar-refractivity contribution in [2.75, 3.05) is 11.9 Å². The normalized spacial score (nSPS) is 10.8. The maximum Gasteiger partial charge on any atom is 0.266 e. The lowest BCUT2D eigenvalue weighted by Gasteiger charge is -2.17. The number of rotatable bonds is 10. The molecule has 0 fully saturated rings. The molecule has 0 saturated heterocycles. The molecule has 1 amide bonds. The van der Waals surface area contributed by atoms with Crippen LogP contribution in [0.2, 0.25) is 0 Å². The van der Waals surface area contributed by atoms with Gasteiger partial charge < -0.3 is 14.8 Å². The van der Waals surface area contributed by atoms with Crippen molar-refractivity contribution in [1.29, 1.82) is 5.26 Å². The Morgan fingerprint density at radius 2 is 1.91 bits per heavy atom. The highest BCUT2D eigenvalue weighted by Crippen LogP contribution is 2.35. The van der Waals surface area contributed by atoms with Crippen LogP contribution in [-0.4, -0.2) is 12.5 Å². The van der Waals surface area contributed by atoms with E-state index in [1.807, 2.05) is 25.1 Å². The molecule has 0 aromatic heterocycles. The van der Waals surface area contributed by atoms with E-state index < -0.39 is 5.91 Å². The molecule has 1 N–H and O–H groups in total. The highest BCUT2D eigenvalue weighted by Gasteiger charge is 2.15. The first-order valence-electron chi connectivity index (χ1n) is 10.8. The van der Waals surface area contributed by atoms with Crippen LogP contribution in [0.25, 0.3) is 6.08 Å². The van der Waals surface area contributed by atoms with Gasteiger partial charge in [-0.2, -0.15) is 5.26 Å². The number of nitrogens with one attached hydrogen (secondary N) is 1. The molecule has 6 heteroatoms. The van der Waals surface area contributed by atoms with E-state index in [0.717, 1.165) is 5.56 Å². The second-order valence-electron chi connectivity index (χ2n) is 7.34. The van der Waals surface area contributed by atoms with Crippen LogP contribution in [0, 0.1) is 17.1 Å². The summed E-state index contributed by atoms with van der Waals surface area (Å²) in [6.45, 7) is 6.19. The van der Waals surface area contributed by atoms with Gasteiger partial charge in [-0.05, 0) is 66.9 Å². The number of amides is 1. The summed E-state index contributed by atoms with van der Waals surface area (Å²) in [5.41, 5.74) is 2.60. The fourth-order valence-corrected chi connectivity index (χ4v) is 3.32. The molecule has 3 aromatic rings. The molecule has 5 nitrogen and oxygen atoms in total. The molecule has 0 aliphatic heterocycles. The number of para-hydroxylation sites is 1. The number of anilines is 1. The molecule has 0 heterocycles. The van der Waals surface area contributed by atoms with Gasteiger partial charge in [-0.3, -0.25) is 4.79 Å². The van der Waals surface area contributed by atoms with Gasteiger partial charge in [0.2, 0.25) is 0 Å². The summed E-state index contributed by atoms with van der Waals surface area (Å²) >= 11 is 0. The molecule has 172 valence electrons. The molecule has 3 aromatic carbocycles. The topological polar surface area (TPSA) is 71.4 Å². The number of carbonyl (C=O) groups is 1. The molecular weight excluding hydrogens is 431 g/mol. The van der Waals surface area contributed by atoms with Gasteiger partial charge in [0, 0.05) is 11.3 Å². The number of halogens is 1. The monoisotopic (exact) mass is 456 g/mol. The van der Waals surface area contributed by atoms with E-state index >= 15 is 0 Å². The average molecular weight is 457 g/mol. The Bertz CT molecular complexity index is 1230. The van der Waals surface area contributed by atoms with Crippen molar-refractivity contribution in [3.8, 4) is 17.6 Å². The molecule has 0 aliphatic rings. The minimum atomic E-state index is -0.511. The summed E-state index contributed by atoms with van der Waals surface area (Å²) in [5, 5.41) is 12.3. The van der Waals surface area contributed by atoms with Crippen molar-refractivity contribution in [2.45, 2.75) is 20.0 Å². The van der Waals surface area contributed by atoms with Gasteiger partial charge in [-0.1, -0.05) is 36.4 Å². The van der Waals surface area contributed by atoms with Crippen molar-refractivity contribution >= 4 is 17.7 Å². The standard InChI is InChI=1S/C28H25FN2O3/c1-3-9-22-14-21(15-23(18-30)28(32)31-25-12-6-5-7-13-25)17-26(33-4-2)27(22)34-19-20-10-8-11-24(29)16-20/h3,5-8,10-17H,1,4,9,19H2,2H3,(H,31,32)/b23-15+. The Morgan fingerprint density at radius 3 is 2.59 bits per heavy atom. The predicted molar refractivity (Wildman–Crippen MR) is 131 cm³/mol. The van der Waals surface area contributed by atoms with Gasteiger partial charge in [0.15, 0.2) is 11.5 Å². The van der Waals surface area contributed by atoms with Crippen LogP contribution in [0.3, 0.4) is 0 Å². The van der Waals surface area contributed by atoms with Crippen LogP contribution in [0.1, 0.15) is 23.6 Å². The Balaban J connectivity index is 1.93. The first kappa shape index (κ1) is 24.3. The number of hydrogen-bond acceptors (Lipinski definition) is 4. The van der Waals surface area contributed by atoms with Crippen LogP contribution in [-0.2, 0) is 17.8 Å². The second-order valence-corrected chi connectivity index (χ2v) is 7.34. The minimum Gasteiger partial charge on any atom is -0.490 e. The summed E-state index contributed by atoms with van der Waals surface area (Å²) in [5.74, 6) is 0.125. The molecule has 3 rings (SSSR count). The zero-order valence-corrected chi connectivity index (χ0v) is 18.9. The number of carbonyl (C=O) groups excluding carboxylic acids is 1. The molecule has 0 aliphatic carbocycles. The fraction of sp³-hybridized carbons (Fsp3) is 0.143. The van der Waals surface area contributed by atoms with Crippen molar-refractivity contribution in [3.63, 3.8) is 0 Å². The van der Waals surface area contributed by atoms with Gasteiger partial charge in [-0.15, -0.1) is 6.58 Å². The molecule has 0 radical (unpaired) electrons. The summed E-state index contributed by atoms with van der Waals surface area (Å²) < 4.78 is 25.4. The maximum atomic E-state index is 13.5. The van der Waals surface area contributed by atoms with Crippen LogP contribution in [0.15, 0.2) is 85.0 Å². The lowest BCUT2D eigenvalue weighted by Crippen LogP contribution is -2.13. The predicted octanol–water partition coefficient (Wildman–Crippen LogP) is 6.08. The number of benzene rings is 3. The fourth-order valence-electron chi connectivity index (χ4n) is 3.32. The first-order valence-corrected chi connectivity index (χ1v) is 10.8. The lowest BCUT2D eigenvalue weighted by atomic mass is 10.0. The Morgan fingerprint density at radius 1 is 1.12 bits per heavy atom. The highest BCUT2D eigenvalue weighted by molar-refractivity contribution is 6.09. The molecule has 0 atom stereocenters. The average Bonchev–Trinajstić information content (AvgIpc) is 2.83. The largest absolute Gasteiger partial charge is 0.490 e. The third kappa shape index (κ3) is 6.57. The molecular formula is C28H25FN2O3. The summed E-state index contributed by atoms with van der Waals surface area (Å²) in [4.78, 5) is 12.6. The highest BCUT2D eigenvalue weighted by atomic mass is 19.1. The Kier molecular flexibility index (Phi) is 8.59. The number of allylic oxidation sites excluding steroid dienone is 1. The zero-order valence-electron chi connectivity index (χ0n) is 18.9. The van der Waals surface area contributed by atoms with Crippen LogP contribution < -0.4 is 14.8 Å². The number of ether oxygens (including phenoxy) is 2. The molecule has 34 heavy (non-hydrogen) atoms. The quantitative estimate of drug-likeness (QED) is 0.228. The van der Waals surface area contributed by atoms with E-state index in [9.17, 15) is 14.4 Å². The third-order valence-electron chi connectivity index (χ3n) is 4.80. The van der Waals surface area contributed by atoms with Crippen molar-refractivity contribution in [1.82, 2.24) is 0 Å². The summed E-state index contributed by atoms with van der Waals surface area (Å²) in [6, 6.07) is 20.6. The summed E-state index contributed by atoms with van der Waals surface area (Å²) in [6.07, 6.45) is 3.70. The minimum absolute atomic E-state index is 0.0516. The number of nitrogens with zero attached hydrogens (tertiary/aromatic N) is 1. The van der Waals surface area contributed by atoms with Gasteiger partial charge in [0.05, 0.1) is 6.61 Å². The zero-order chi connectivity index (χ0) is 24.3. The van der Waals surface area contributed by atoms with Crippen molar-refractivity contribution in [3.05, 3.63) is 107 Å². The number of hydrogen-bond donors (Lipinski definition) is 1. The van der Waals surface area contributed by atoms with Crippen molar-refractivity contribution < 1.29 is 18.7 Å². The second kappa shape index (κ2) is 12.0. The van der Waals surface area contributed by atoms with Gasteiger partial charge >= 0.3 is 0 Å². The van der Waals surface area contributed by atoms with Crippen molar-refractivity contribution in [2.24, 2.45) is 0 Å². The SMILES string of the molecule is C=CCc1cc(/C=C(\C#N)C(=O)Nc2ccccc2)cc(OCC)c1OCc1cccc(F)c1. The van der Waals surface area contributed by atoms with Crippen LogP contribution in [0.5, 0.6) is 11.5 Å². The Hall–Kier alpha value is -4.37. The lowest BCUT2D eigenvalue weighted by molar-refractivity contribution is -0.112. The van der Waals surface area contributed by atoms with Gasteiger partial charge in [-0.25, -0.2) is 4.39 Å². The smallest absolute Gasteiger partial charge is 0.266 e. The maximum absolute atomic E-state index is 13.5. The van der Waals surface area contributed by atoms with Gasteiger partial charge in [0.1, 0.15) is 24.1 Å². The first-order chi connectivity index (χ1) is 16.5. The van der Waals surface area contributed by atoms with E-state index in [2.05, 4.69) is 11.9 Å². The van der Waals surface area contributed by atoms with Crippen LogP contribution >= 0.6 is 0 Å². The van der Waals surface area contributed by atoms with E-state index in [-0.39, 0.29) is 18.0 Å². The number of nitriles is 1. The molecule has 0 saturated carbocycles. The van der Waals surface area contributed by atoms with Crippen LogP contribution in [0.4, 0.5) is 10.1 Å². The van der Waals surface area contributed by atoms with E-state index in [0.29, 0.717) is 41.3 Å². The van der Waals surface area contributed by atoms with Gasteiger partial charge in [0.25, 0.3) is 5.91 Å². The summed E-state index contributed by atoms with van der Waals surface area (Å²) in [7, 11) is 0.